The van der Waals surface area contributed by atoms with Gasteiger partial charge in [-0.1, -0.05) is 29.0 Å². The van der Waals surface area contributed by atoms with E-state index in [1.165, 1.54) is 23.1 Å². The van der Waals surface area contributed by atoms with Crippen molar-refractivity contribution in [2.24, 2.45) is 0 Å². The van der Waals surface area contributed by atoms with Gasteiger partial charge in [0.25, 0.3) is 0 Å². The molecule has 8 nitrogen and oxygen atoms in total. The Kier molecular flexibility index (Phi) is 5.11. The van der Waals surface area contributed by atoms with E-state index < -0.39 is 4.92 Å². The van der Waals surface area contributed by atoms with E-state index in [0.29, 0.717) is 19.7 Å². The molecule has 3 aromatic rings. The number of hydrogen-bond donors (Lipinski definition) is 1. The van der Waals surface area contributed by atoms with E-state index in [0.717, 1.165) is 29.2 Å². The average molecular weight is 395 g/mol. The number of nitrogens with zero attached hydrogens (tertiary/aromatic N) is 5. The number of aryl methyl sites for hydroxylation is 2. The molecule has 3 rings (SSSR count). The Balaban J connectivity index is 1.73. The highest BCUT2D eigenvalue weighted by atomic mass is 35.5. The zero-order valence-electron chi connectivity index (χ0n) is 13.1. The molecule has 25 heavy (non-hydrogen) atoms. The normalized spacial score (nSPS) is 10.7. The van der Waals surface area contributed by atoms with Crippen molar-refractivity contribution in [1.82, 2.24) is 20.2 Å². The van der Waals surface area contributed by atoms with Gasteiger partial charge in [0.15, 0.2) is 9.50 Å². The molecule has 0 aliphatic heterocycles. The lowest BCUT2D eigenvalue weighted by atomic mass is 10.1. The zero-order chi connectivity index (χ0) is 18.0. The fraction of sp³-hybridized carbons (Fsp3) is 0.143. The van der Waals surface area contributed by atoms with Gasteiger partial charge in [0.05, 0.1) is 15.6 Å². The van der Waals surface area contributed by atoms with Crippen molar-refractivity contribution >= 4 is 51.2 Å². The third-order valence-corrected chi connectivity index (χ3v) is 5.16. The summed E-state index contributed by atoms with van der Waals surface area (Å²) >= 11 is 8.76. The number of halogens is 1. The monoisotopic (exact) mass is 394 g/mol. The lowest BCUT2D eigenvalue weighted by molar-refractivity contribution is -0.385. The second-order valence-electron chi connectivity index (χ2n) is 5.02. The van der Waals surface area contributed by atoms with Crippen molar-refractivity contribution in [2.45, 2.75) is 23.3 Å². The predicted molar refractivity (Wildman–Crippen MR) is 96.9 cm³/mol. The first-order chi connectivity index (χ1) is 11.9. The SMILES string of the molecule is Cc1cc(C)c(Nc2nnc(Sc3ncc([N+](=O)[O-])cn3)s2)c(Cl)c1. The molecule has 0 fully saturated rings. The van der Waals surface area contributed by atoms with Gasteiger partial charge in [-0.3, -0.25) is 10.1 Å². The first-order valence-electron chi connectivity index (χ1n) is 6.94. The molecule has 0 aliphatic carbocycles. The number of hydrogen-bond acceptors (Lipinski definition) is 9. The Morgan fingerprint density at radius 1 is 1.24 bits per heavy atom. The van der Waals surface area contributed by atoms with Crippen molar-refractivity contribution < 1.29 is 4.92 Å². The molecule has 0 saturated heterocycles. The molecule has 0 aliphatic rings. The summed E-state index contributed by atoms with van der Waals surface area (Å²) in [6.07, 6.45) is 2.32. The smallest absolute Gasteiger partial charge is 0.305 e. The Morgan fingerprint density at radius 2 is 1.96 bits per heavy atom. The van der Waals surface area contributed by atoms with Gasteiger partial charge >= 0.3 is 5.69 Å². The van der Waals surface area contributed by atoms with Crippen LogP contribution in [0.25, 0.3) is 0 Å². The van der Waals surface area contributed by atoms with Crippen LogP contribution in [0.15, 0.2) is 34.0 Å². The van der Waals surface area contributed by atoms with E-state index in [4.69, 9.17) is 11.6 Å². The number of nitrogens with one attached hydrogen (secondary N) is 1. The standard InChI is InChI=1S/C14H11ClN6O2S2/c1-7-3-8(2)11(10(15)4-7)18-13-19-20-14(25-13)24-12-16-5-9(6-17-12)21(22)23/h3-6H,1-2H3,(H,18,19). The summed E-state index contributed by atoms with van der Waals surface area (Å²) in [6, 6.07) is 3.90. The van der Waals surface area contributed by atoms with Gasteiger partial charge < -0.3 is 5.32 Å². The lowest BCUT2D eigenvalue weighted by Gasteiger charge is -2.09. The second-order valence-corrected chi connectivity index (χ2v) is 7.62. The first kappa shape index (κ1) is 17.5. The molecular weight excluding hydrogens is 384 g/mol. The molecule has 0 atom stereocenters. The van der Waals surface area contributed by atoms with Gasteiger partial charge in [-0.25, -0.2) is 9.97 Å². The summed E-state index contributed by atoms with van der Waals surface area (Å²) in [5.41, 5.74) is 2.71. The van der Waals surface area contributed by atoms with Crippen LogP contribution in [0, 0.1) is 24.0 Å². The van der Waals surface area contributed by atoms with E-state index in [1.54, 1.807) is 0 Å². The highest BCUT2D eigenvalue weighted by Gasteiger charge is 2.13. The largest absolute Gasteiger partial charge is 0.329 e. The maximum atomic E-state index is 10.6. The van der Waals surface area contributed by atoms with Crippen LogP contribution in [0.3, 0.4) is 0 Å². The van der Waals surface area contributed by atoms with E-state index in [-0.39, 0.29) is 5.69 Å². The molecule has 0 radical (unpaired) electrons. The Bertz CT molecular complexity index is 908. The van der Waals surface area contributed by atoms with E-state index in [9.17, 15) is 10.1 Å². The van der Waals surface area contributed by atoms with Gasteiger partial charge in [-0.05, 0) is 42.8 Å². The zero-order valence-corrected chi connectivity index (χ0v) is 15.4. The molecule has 2 aromatic heterocycles. The minimum Gasteiger partial charge on any atom is -0.329 e. The van der Waals surface area contributed by atoms with Crippen molar-refractivity contribution in [2.75, 3.05) is 5.32 Å². The Morgan fingerprint density at radius 3 is 2.60 bits per heavy atom. The van der Waals surface area contributed by atoms with E-state index in [2.05, 4.69) is 25.5 Å². The number of benzene rings is 1. The second kappa shape index (κ2) is 7.30. The van der Waals surface area contributed by atoms with Crippen LogP contribution in [0.2, 0.25) is 5.02 Å². The molecule has 11 heteroatoms. The van der Waals surface area contributed by atoms with Gasteiger partial charge in [0.1, 0.15) is 12.4 Å². The summed E-state index contributed by atoms with van der Waals surface area (Å²) < 4.78 is 0.609. The van der Waals surface area contributed by atoms with E-state index >= 15 is 0 Å². The molecule has 0 spiro atoms. The fourth-order valence-corrected chi connectivity index (χ4v) is 3.94. The number of nitro groups is 1. The van der Waals surface area contributed by atoms with Gasteiger partial charge in [-0.2, -0.15) is 0 Å². The lowest BCUT2D eigenvalue weighted by Crippen LogP contribution is -1.94. The highest BCUT2D eigenvalue weighted by molar-refractivity contribution is 8.00. The number of aromatic nitrogens is 4. The summed E-state index contributed by atoms with van der Waals surface area (Å²) in [7, 11) is 0. The molecule has 0 amide bonds. The van der Waals surface area contributed by atoms with Crippen LogP contribution < -0.4 is 5.32 Å². The number of rotatable bonds is 5. The predicted octanol–water partition coefficient (Wildman–Crippen LogP) is 4.40. The van der Waals surface area contributed by atoms with Crippen LogP contribution in [-0.2, 0) is 0 Å². The maximum Gasteiger partial charge on any atom is 0.305 e. The van der Waals surface area contributed by atoms with Crippen LogP contribution in [0.5, 0.6) is 0 Å². The maximum absolute atomic E-state index is 10.6. The molecule has 0 unspecified atom stereocenters. The summed E-state index contributed by atoms with van der Waals surface area (Å²) in [5, 5.41) is 23.4. The fourth-order valence-electron chi connectivity index (χ4n) is 2.02. The molecule has 0 bridgehead atoms. The third-order valence-electron chi connectivity index (χ3n) is 3.07. The minimum absolute atomic E-state index is 0.159. The summed E-state index contributed by atoms with van der Waals surface area (Å²) in [6.45, 7) is 3.94. The van der Waals surface area contributed by atoms with Crippen LogP contribution in [0.4, 0.5) is 16.5 Å². The quantitative estimate of drug-likeness (QED) is 0.385. The minimum atomic E-state index is -0.547. The number of anilines is 2. The van der Waals surface area contributed by atoms with Gasteiger partial charge in [0, 0.05) is 0 Å². The molecular formula is C14H11ClN6O2S2. The Hall–Kier alpha value is -2.30. The summed E-state index contributed by atoms with van der Waals surface area (Å²) in [5.74, 6) is 0. The molecule has 0 saturated carbocycles. The van der Waals surface area contributed by atoms with E-state index in [1.807, 2.05) is 26.0 Å². The van der Waals surface area contributed by atoms with Crippen LogP contribution >= 0.6 is 34.7 Å². The molecule has 1 N–H and O–H groups in total. The van der Waals surface area contributed by atoms with Crippen molar-refractivity contribution in [3.05, 3.63) is 50.8 Å². The van der Waals surface area contributed by atoms with Crippen molar-refractivity contribution in [3.8, 4) is 0 Å². The topological polar surface area (TPSA) is 107 Å². The van der Waals surface area contributed by atoms with Crippen molar-refractivity contribution in [3.63, 3.8) is 0 Å². The first-order valence-corrected chi connectivity index (χ1v) is 8.95. The van der Waals surface area contributed by atoms with Gasteiger partial charge in [-0.15, -0.1) is 10.2 Å². The van der Waals surface area contributed by atoms with Gasteiger partial charge in [0.2, 0.25) is 5.13 Å². The van der Waals surface area contributed by atoms with Crippen molar-refractivity contribution in [1.29, 1.82) is 0 Å². The third kappa shape index (κ3) is 4.21. The summed E-state index contributed by atoms with van der Waals surface area (Å²) in [4.78, 5) is 17.9. The van der Waals surface area contributed by atoms with Crippen LogP contribution in [0.1, 0.15) is 11.1 Å². The molecule has 2 heterocycles. The highest BCUT2D eigenvalue weighted by Crippen LogP contribution is 2.34. The van der Waals surface area contributed by atoms with Crippen LogP contribution in [-0.4, -0.2) is 25.1 Å². The Labute approximate surface area is 155 Å². The molecule has 128 valence electrons. The molecule has 1 aromatic carbocycles. The average Bonchev–Trinajstić information content (AvgIpc) is 2.98.